The number of ether oxygens (including phenoxy) is 1. The summed E-state index contributed by atoms with van der Waals surface area (Å²) in [6, 6.07) is 8.36. The second-order valence-electron chi connectivity index (χ2n) is 3.47. The predicted octanol–water partition coefficient (Wildman–Crippen LogP) is 4.64. The van der Waals surface area contributed by atoms with Gasteiger partial charge in [0, 0.05) is 0 Å². The zero-order valence-electron chi connectivity index (χ0n) is 11.0. The van der Waals surface area contributed by atoms with Gasteiger partial charge in [0.1, 0.15) is 0 Å². The summed E-state index contributed by atoms with van der Waals surface area (Å²) >= 11 is 0. The third kappa shape index (κ3) is 7.10. The Bertz CT molecular complexity index is 260. The molecule has 2 rings (SSSR count). The van der Waals surface area contributed by atoms with E-state index in [4.69, 9.17) is 4.74 Å². The summed E-state index contributed by atoms with van der Waals surface area (Å²) in [7, 11) is 0. The fraction of sp³-hybridized carbons (Fsp3) is 0.467. The van der Waals surface area contributed by atoms with Gasteiger partial charge in [-0.2, -0.15) is 0 Å². The largest absolute Gasteiger partial charge is 0.502 e. The van der Waals surface area contributed by atoms with Crippen molar-refractivity contribution in [2.75, 3.05) is 6.61 Å². The Hall–Kier alpha value is -1.24. The molecule has 1 aliphatic heterocycles. The van der Waals surface area contributed by atoms with Crippen LogP contribution in [0.4, 0.5) is 0 Å². The summed E-state index contributed by atoms with van der Waals surface area (Å²) in [6.45, 7) is 9.15. The average molecular weight is 220 g/mol. The minimum atomic E-state index is 0.913. The standard InChI is InChI=1S/C8H10.C5H8O.C2H6/c1-7-5-3-4-6-8(7)2;1-2-4-6-5-3-1;1-2/h3-6H,1-2H3;2,4H,1,3,5H2;1-2H3. The fourth-order valence-electron chi connectivity index (χ4n) is 1.15. The SMILES string of the molecule is C1=COCCC1.CC.Cc1ccccc1C. The lowest BCUT2D eigenvalue weighted by Gasteiger charge is -2.01. The monoisotopic (exact) mass is 220 g/mol. The summed E-state index contributed by atoms with van der Waals surface area (Å²) in [5, 5.41) is 0. The molecule has 0 saturated carbocycles. The van der Waals surface area contributed by atoms with Crippen LogP contribution in [0.3, 0.4) is 0 Å². The van der Waals surface area contributed by atoms with Crippen LogP contribution >= 0.6 is 0 Å². The van der Waals surface area contributed by atoms with Crippen LogP contribution in [-0.4, -0.2) is 6.61 Å². The lowest BCUT2D eigenvalue weighted by atomic mass is 10.1. The Morgan fingerprint density at radius 1 is 1.00 bits per heavy atom. The quantitative estimate of drug-likeness (QED) is 0.619. The molecule has 16 heavy (non-hydrogen) atoms. The number of allylic oxidation sites excluding steroid dienone is 1. The highest BCUT2D eigenvalue weighted by molar-refractivity contribution is 5.23. The van der Waals surface area contributed by atoms with Crippen LogP contribution in [0.2, 0.25) is 0 Å². The van der Waals surface area contributed by atoms with E-state index >= 15 is 0 Å². The molecule has 0 saturated heterocycles. The van der Waals surface area contributed by atoms with E-state index in [2.05, 4.69) is 38.1 Å². The zero-order chi connectivity index (χ0) is 12.2. The smallest absolute Gasteiger partial charge is 0.0876 e. The number of rotatable bonds is 0. The molecule has 0 amide bonds. The zero-order valence-corrected chi connectivity index (χ0v) is 11.0. The average Bonchev–Trinajstić information content (AvgIpc) is 2.38. The molecular weight excluding hydrogens is 196 g/mol. The van der Waals surface area contributed by atoms with Gasteiger partial charge in [-0.1, -0.05) is 38.1 Å². The first-order valence-electron chi connectivity index (χ1n) is 6.09. The number of benzene rings is 1. The van der Waals surface area contributed by atoms with Gasteiger partial charge in [-0.3, -0.25) is 0 Å². The van der Waals surface area contributed by atoms with Crippen LogP contribution in [0.1, 0.15) is 37.8 Å². The molecule has 90 valence electrons. The first kappa shape index (κ1) is 14.8. The second kappa shape index (κ2) is 10.3. The first-order chi connectivity index (χ1) is 7.80. The summed E-state index contributed by atoms with van der Waals surface area (Å²) in [5.74, 6) is 0. The lowest BCUT2D eigenvalue weighted by molar-refractivity contribution is 0.231. The number of aryl methyl sites for hydroxylation is 2. The number of hydrogen-bond acceptors (Lipinski definition) is 1. The molecule has 0 unspecified atom stereocenters. The van der Waals surface area contributed by atoms with E-state index in [1.807, 2.05) is 19.9 Å². The molecule has 1 nitrogen and oxygen atoms in total. The van der Waals surface area contributed by atoms with Gasteiger partial charge in [-0.15, -0.1) is 0 Å². The van der Waals surface area contributed by atoms with E-state index in [0.717, 1.165) is 6.61 Å². The Morgan fingerprint density at radius 2 is 1.56 bits per heavy atom. The van der Waals surface area contributed by atoms with Gasteiger partial charge in [0.2, 0.25) is 0 Å². The van der Waals surface area contributed by atoms with E-state index in [-0.39, 0.29) is 0 Å². The minimum Gasteiger partial charge on any atom is -0.502 e. The Balaban J connectivity index is 0.000000251. The highest BCUT2D eigenvalue weighted by atomic mass is 16.5. The Kier molecular flexibility index (Phi) is 9.49. The lowest BCUT2D eigenvalue weighted by Crippen LogP contribution is -1.90. The topological polar surface area (TPSA) is 9.23 Å². The van der Waals surface area contributed by atoms with E-state index in [0.29, 0.717) is 0 Å². The molecule has 0 spiro atoms. The van der Waals surface area contributed by atoms with Crippen LogP contribution in [0, 0.1) is 13.8 Å². The van der Waals surface area contributed by atoms with Crippen molar-refractivity contribution < 1.29 is 4.74 Å². The molecule has 1 aliphatic rings. The van der Waals surface area contributed by atoms with Crippen molar-refractivity contribution in [3.8, 4) is 0 Å². The normalized spacial score (nSPS) is 12.5. The molecule has 0 atom stereocenters. The Morgan fingerprint density at radius 3 is 1.75 bits per heavy atom. The van der Waals surface area contributed by atoms with E-state index in [1.165, 1.54) is 24.0 Å². The van der Waals surface area contributed by atoms with Crippen molar-refractivity contribution in [2.24, 2.45) is 0 Å². The summed E-state index contributed by atoms with van der Waals surface area (Å²) in [4.78, 5) is 0. The van der Waals surface area contributed by atoms with Gasteiger partial charge < -0.3 is 4.74 Å². The van der Waals surface area contributed by atoms with Gasteiger partial charge in [0.15, 0.2) is 0 Å². The molecule has 0 bridgehead atoms. The van der Waals surface area contributed by atoms with Gasteiger partial charge in [0.25, 0.3) is 0 Å². The van der Waals surface area contributed by atoms with Crippen LogP contribution < -0.4 is 0 Å². The predicted molar refractivity (Wildman–Crippen MR) is 71.6 cm³/mol. The van der Waals surface area contributed by atoms with Crippen molar-refractivity contribution in [1.82, 2.24) is 0 Å². The van der Waals surface area contributed by atoms with Crippen molar-refractivity contribution in [3.05, 3.63) is 47.7 Å². The molecular formula is C15H24O. The molecule has 0 fully saturated rings. The van der Waals surface area contributed by atoms with Gasteiger partial charge in [0.05, 0.1) is 12.9 Å². The molecule has 1 aromatic carbocycles. The van der Waals surface area contributed by atoms with Crippen molar-refractivity contribution in [2.45, 2.75) is 40.5 Å². The van der Waals surface area contributed by atoms with Crippen molar-refractivity contribution in [1.29, 1.82) is 0 Å². The summed E-state index contributed by atoms with van der Waals surface area (Å²) in [6.07, 6.45) is 6.20. The molecule has 0 aromatic heterocycles. The second-order valence-corrected chi connectivity index (χ2v) is 3.47. The molecule has 0 N–H and O–H groups in total. The maximum Gasteiger partial charge on any atom is 0.0876 e. The van der Waals surface area contributed by atoms with Gasteiger partial charge in [-0.05, 0) is 43.9 Å². The van der Waals surface area contributed by atoms with Crippen molar-refractivity contribution in [3.63, 3.8) is 0 Å². The van der Waals surface area contributed by atoms with Gasteiger partial charge in [-0.25, -0.2) is 0 Å². The molecule has 0 radical (unpaired) electrons. The first-order valence-corrected chi connectivity index (χ1v) is 6.09. The number of hydrogen-bond donors (Lipinski definition) is 0. The third-order valence-corrected chi connectivity index (χ3v) is 2.25. The van der Waals surface area contributed by atoms with Crippen LogP contribution in [0.25, 0.3) is 0 Å². The highest BCUT2D eigenvalue weighted by Crippen LogP contribution is 2.02. The molecule has 1 aromatic rings. The van der Waals surface area contributed by atoms with E-state index in [9.17, 15) is 0 Å². The van der Waals surface area contributed by atoms with E-state index in [1.54, 1.807) is 6.26 Å². The maximum atomic E-state index is 4.89. The molecule has 1 heteroatoms. The minimum absolute atomic E-state index is 0.913. The van der Waals surface area contributed by atoms with Crippen LogP contribution in [-0.2, 0) is 4.74 Å². The van der Waals surface area contributed by atoms with Crippen LogP contribution in [0.15, 0.2) is 36.6 Å². The van der Waals surface area contributed by atoms with Crippen LogP contribution in [0.5, 0.6) is 0 Å². The third-order valence-electron chi connectivity index (χ3n) is 2.25. The maximum absolute atomic E-state index is 4.89. The van der Waals surface area contributed by atoms with E-state index < -0.39 is 0 Å². The summed E-state index contributed by atoms with van der Waals surface area (Å²) in [5.41, 5.74) is 2.74. The van der Waals surface area contributed by atoms with Crippen molar-refractivity contribution >= 4 is 0 Å². The fourth-order valence-corrected chi connectivity index (χ4v) is 1.15. The summed E-state index contributed by atoms with van der Waals surface area (Å²) < 4.78 is 4.89. The Labute approximate surface area is 100 Å². The molecule has 0 aliphatic carbocycles. The highest BCUT2D eigenvalue weighted by Gasteiger charge is 1.86. The van der Waals surface area contributed by atoms with Gasteiger partial charge >= 0.3 is 0 Å². The molecule has 1 heterocycles.